The molecule has 0 aliphatic rings. The van der Waals surface area contributed by atoms with Crippen LogP contribution in [0.4, 0.5) is 0 Å². The van der Waals surface area contributed by atoms with E-state index in [1.165, 1.54) is 6.07 Å². The van der Waals surface area contributed by atoms with Crippen LogP contribution in [0.3, 0.4) is 0 Å². The van der Waals surface area contributed by atoms with Crippen molar-refractivity contribution in [3.05, 3.63) is 36.0 Å². The number of carboxylic acid groups (broad SMARTS) is 1. The van der Waals surface area contributed by atoms with Crippen LogP contribution in [0.5, 0.6) is 0 Å². The van der Waals surface area contributed by atoms with Gasteiger partial charge in [-0.15, -0.1) is 0 Å². The van der Waals surface area contributed by atoms with Gasteiger partial charge in [-0.1, -0.05) is 6.07 Å². The Morgan fingerprint density at radius 2 is 2.12 bits per heavy atom. The van der Waals surface area contributed by atoms with Gasteiger partial charge in [-0.3, -0.25) is 0 Å². The highest BCUT2D eigenvalue weighted by atomic mass is 16.4. The van der Waals surface area contributed by atoms with Crippen LogP contribution in [-0.2, 0) is 6.54 Å². The van der Waals surface area contributed by atoms with Crippen LogP contribution >= 0.6 is 0 Å². The number of nitrogens with zero attached hydrogens (tertiary/aromatic N) is 1. The first kappa shape index (κ1) is 11.6. The van der Waals surface area contributed by atoms with Gasteiger partial charge in [0, 0.05) is 17.1 Å². The van der Waals surface area contributed by atoms with Crippen LogP contribution in [-0.4, -0.2) is 38.6 Å². The van der Waals surface area contributed by atoms with Gasteiger partial charge in [0.05, 0.1) is 24.8 Å². The number of aromatic carboxylic acids is 1. The molecule has 0 saturated carbocycles. The third kappa shape index (κ3) is 2.15. The van der Waals surface area contributed by atoms with E-state index in [-0.39, 0.29) is 18.7 Å². The molecule has 17 heavy (non-hydrogen) atoms. The Labute approximate surface area is 97.5 Å². The maximum atomic E-state index is 11.0. The number of rotatable bonds is 4. The van der Waals surface area contributed by atoms with Crippen LogP contribution in [0.2, 0.25) is 0 Å². The highest BCUT2D eigenvalue weighted by molar-refractivity contribution is 6.02. The Balaban J connectivity index is 2.47. The van der Waals surface area contributed by atoms with Crippen molar-refractivity contribution in [2.75, 3.05) is 6.61 Å². The van der Waals surface area contributed by atoms with E-state index >= 15 is 0 Å². The van der Waals surface area contributed by atoms with Crippen LogP contribution in [0.1, 0.15) is 10.4 Å². The average molecular weight is 235 g/mol. The van der Waals surface area contributed by atoms with E-state index < -0.39 is 12.1 Å². The molecule has 0 fully saturated rings. The van der Waals surface area contributed by atoms with Crippen molar-refractivity contribution < 1.29 is 20.1 Å². The number of carboxylic acids is 1. The molecule has 1 atom stereocenters. The molecule has 0 radical (unpaired) electrons. The summed E-state index contributed by atoms with van der Waals surface area (Å²) in [6.07, 6.45) is 0.856. The standard InChI is InChI=1S/C12H13NO4/c14-7-8(15)6-13-5-4-9-10(12(16)17)2-1-3-11(9)13/h1-5,8,14-15H,6-7H2,(H,16,17). The fraction of sp³-hybridized carbons (Fsp3) is 0.250. The van der Waals surface area contributed by atoms with Gasteiger partial charge in [0.1, 0.15) is 0 Å². The zero-order chi connectivity index (χ0) is 12.4. The Bertz CT molecular complexity index is 546. The minimum atomic E-state index is -0.976. The molecule has 2 rings (SSSR count). The number of aliphatic hydroxyl groups is 2. The first-order chi connectivity index (χ1) is 8.13. The van der Waals surface area contributed by atoms with Gasteiger partial charge in [0.25, 0.3) is 0 Å². The van der Waals surface area contributed by atoms with Gasteiger partial charge in [-0.05, 0) is 18.2 Å². The minimum Gasteiger partial charge on any atom is -0.478 e. The molecule has 3 N–H and O–H groups in total. The average Bonchev–Trinajstić information content (AvgIpc) is 2.72. The van der Waals surface area contributed by atoms with Gasteiger partial charge < -0.3 is 19.9 Å². The summed E-state index contributed by atoms with van der Waals surface area (Å²) < 4.78 is 1.72. The Morgan fingerprint density at radius 3 is 2.76 bits per heavy atom. The Morgan fingerprint density at radius 1 is 1.35 bits per heavy atom. The normalized spacial score (nSPS) is 12.8. The lowest BCUT2D eigenvalue weighted by molar-refractivity contribution is 0.0699. The summed E-state index contributed by atoms with van der Waals surface area (Å²) in [4.78, 5) is 11.0. The van der Waals surface area contributed by atoms with Crippen LogP contribution in [0.25, 0.3) is 10.9 Å². The van der Waals surface area contributed by atoms with Crippen molar-refractivity contribution in [2.24, 2.45) is 0 Å². The van der Waals surface area contributed by atoms with E-state index in [9.17, 15) is 9.90 Å². The van der Waals surface area contributed by atoms with Gasteiger partial charge in [-0.2, -0.15) is 0 Å². The van der Waals surface area contributed by atoms with Crippen molar-refractivity contribution in [1.82, 2.24) is 4.57 Å². The molecule has 0 amide bonds. The largest absolute Gasteiger partial charge is 0.478 e. The fourth-order valence-electron chi connectivity index (χ4n) is 1.85. The van der Waals surface area contributed by atoms with Gasteiger partial charge in [0.15, 0.2) is 0 Å². The number of fused-ring (bicyclic) bond motifs is 1. The molecule has 0 bridgehead atoms. The summed E-state index contributed by atoms with van der Waals surface area (Å²) in [6.45, 7) is -0.0820. The number of benzene rings is 1. The summed E-state index contributed by atoms with van der Waals surface area (Å²) in [5.41, 5.74) is 0.970. The summed E-state index contributed by atoms with van der Waals surface area (Å²) >= 11 is 0. The third-order valence-corrected chi connectivity index (χ3v) is 2.66. The zero-order valence-electron chi connectivity index (χ0n) is 9.08. The second kappa shape index (κ2) is 4.57. The van der Waals surface area contributed by atoms with E-state index in [4.69, 9.17) is 10.2 Å². The van der Waals surface area contributed by atoms with Crippen molar-refractivity contribution in [3.8, 4) is 0 Å². The second-order valence-corrected chi connectivity index (χ2v) is 3.85. The van der Waals surface area contributed by atoms with Gasteiger partial charge in [-0.25, -0.2) is 4.79 Å². The number of carbonyl (C=O) groups is 1. The van der Waals surface area contributed by atoms with E-state index in [1.54, 1.807) is 29.0 Å². The predicted molar refractivity (Wildman–Crippen MR) is 62.0 cm³/mol. The lowest BCUT2D eigenvalue weighted by Gasteiger charge is -2.09. The monoisotopic (exact) mass is 235 g/mol. The fourth-order valence-corrected chi connectivity index (χ4v) is 1.85. The number of aromatic nitrogens is 1. The molecule has 1 unspecified atom stereocenters. The topological polar surface area (TPSA) is 82.7 Å². The lowest BCUT2D eigenvalue weighted by atomic mass is 10.1. The van der Waals surface area contributed by atoms with E-state index in [1.807, 2.05) is 0 Å². The second-order valence-electron chi connectivity index (χ2n) is 3.85. The van der Waals surface area contributed by atoms with Gasteiger partial charge in [0.2, 0.25) is 0 Å². The molecule has 1 aromatic heterocycles. The van der Waals surface area contributed by atoms with Crippen LogP contribution < -0.4 is 0 Å². The molecular weight excluding hydrogens is 222 g/mol. The van der Waals surface area contributed by atoms with E-state index in [0.29, 0.717) is 5.39 Å². The molecule has 1 heterocycles. The van der Waals surface area contributed by atoms with E-state index in [0.717, 1.165) is 5.52 Å². The van der Waals surface area contributed by atoms with Crippen molar-refractivity contribution in [2.45, 2.75) is 12.6 Å². The summed E-state index contributed by atoms with van der Waals surface area (Å²) in [5, 5.41) is 27.8. The third-order valence-electron chi connectivity index (χ3n) is 2.66. The Kier molecular flexibility index (Phi) is 3.12. The SMILES string of the molecule is O=C(O)c1cccc2c1ccn2CC(O)CO. The smallest absolute Gasteiger partial charge is 0.336 e. The number of hydrogen-bond donors (Lipinski definition) is 3. The van der Waals surface area contributed by atoms with Crippen molar-refractivity contribution in [1.29, 1.82) is 0 Å². The number of hydrogen-bond acceptors (Lipinski definition) is 3. The molecule has 1 aromatic carbocycles. The molecule has 0 saturated heterocycles. The Hall–Kier alpha value is -1.85. The molecule has 5 nitrogen and oxygen atoms in total. The highest BCUT2D eigenvalue weighted by Gasteiger charge is 2.12. The van der Waals surface area contributed by atoms with Crippen molar-refractivity contribution >= 4 is 16.9 Å². The zero-order valence-corrected chi connectivity index (χ0v) is 9.08. The quantitative estimate of drug-likeness (QED) is 0.728. The first-order valence-electron chi connectivity index (χ1n) is 5.23. The predicted octanol–water partition coefficient (Wildman–Crippen LogP) is 0.693. The van der Waals surface area contributed by atoms with E-state index in [2.05, 4.69) is 0 Å². The summed E-state index contributed by atoms with van der Waals surface area (Å²) in [5.74, 6) is -0.976. The van der Waals surface area contributed by atoms with Crippen LogP contribution in [0.15, 0.2) is 30.5 Å². The lowest BCUT2D eigenvalue weighted by Crippen LogP contribution is -2.19. The maximum absolute atomic E-state index is 11.0. The molecular formula is C12H13NO4. The molecule has 90 valence electrons. The highest BCUT2D eigenvalue weighted by Crippen LogP contribution is 2.20. The maximum Gasteiger partial charge on any atom is 0.336 e. The molecule has 0 aliphatic heterocycles. The van der Waals surface area contributed by atoms with Gasteiger partial charge >= 0.3 is 5.97 Å². The molecule has 5 heteroatoms. The van der Waals surface area contributed by atoms with Crippen molar-refractivity contribution in [3.63, 3.8) is 0 Å². The first-order valence-corrected chi connectivity index (χ1v) is 5.23. The minimum absolute atomic E-state index is 0.236. The van der Waals surface area contributed by atoms with Crippen LogP contribution in [0, 0.1) is 0 Å². The summed E-state index contributed by atoms with van der Waals surface area (Å²) in [7, 11) is 0. The molecule has 0 spiro atoms. The molecule has 2 aromatic rings. The summed E-state index contributed by atoms with van der Waals surface area (Å²) in [6, 6.07) is 6.68. The number of aliphatic hydroxyl groups excluding tert-OH is 2. The molecule has 0 aliphatic carbocycles.